The molecule has 1 atom stereocenters. The summed E-state index contributed by atoms with van der Waals surface area (Å²) < 4.78 is 1.16. The van der Waals surface area contributed by atoms with Crippen LogP contribution in [0.4, 0.5) is 5.69 Å². The molecule has 2 rings (SSSR count). The highest BCUT2D eigenvalue weighted by atomic mass is 79.9. The summed E-state index contributed by atoms with van der Waals surface area (Å²) in [5.74, 6) is 1.15. The molecule has 0 aliphatic carbocycles. The molecule has 2 nitrogen and oxygen atoms in total. The van der Waals surface area contributed by atoms with Crippen LogP contribution in [0.3, 0.4) is 0 Å². The highest BCUT2D eigenvalue weighted by Crippen LogP contribution is 2.37. The highest BCUT2D eigenvalue weighted by molar-refractivity contribution is 9.10. The number of thioether (sulfide) groups is 1. The predicted molar refractivity (Wildman–Crippen MR) is 71.0 cm³/mol. The Morgan fingerprint density at radius 3 is 3.13 bits per heavy atom. The number of anilines is 1. The number of fused-ring (bicyclic) bond motifs is 1. The van der Waals surface area contributed by atoms with E-state index in [-0.39, 0.29) is 0 Å². The topological polar surface area (TPSA) is 15.3 Å². The second kappa shape index (κ2) is 4.76. The summed E-state index contributed by atoms with van der Waals surface area (Å²) in [4.78, 5) is 3.74. The van der Waals surface area contributed by atoms with E-state index in [9.17, 15) is 0 Å². The molecule has 1 heterocycles. The molecule has 1 N–H and O–H groups in total. The van der Waals surface area contributed by atoms with Crippen molar-refractivity contribution in [1.82, 2.24) is 5.32 Å². The van der Waals surface area contributed by atoms with Gasteiger partial charge in [0.15, 0.2) is 0 Å². The molecule has 0 radical (unpaired) electrons. The van der Waals surface area contributed by atoms with Crippen LogP contribution in [0.2, 0.25) is 0 Å². The first-order chi connectivity index (χ1) is 7.22. The lowest BCUT2D eigenvalue weighted by Gasteiger charge is -2.35. The van der Waals surface area contributed by atoms with Gasteiger partial charge in [0.05, 0.1) is 11.7 Å². The minimum atomic E-state index is 0.591. The van der Waals surface area contributed by atoms with Gasteiger partial charge in [0.2, 0.25) is 0 Å². The van der Waals surface area contributed by atoms with Gasteiger partial charge in [-0.3, -0.25) is 0 Å². The van der Waals surface area contributed by atoms with Crippen molar-refractivity contribution in [1.29, 1.82) is 0 Å². The Bertz CT molecular complexity index is 356. The molecule has 4 heteroatoms. The molecule has 0 saturated carbocycles. The molecule has 0 amide bonds. The van der Waals surface area contributed by atoms with Crippen molar-refractivity contribution >= 4 is 33.4 Å². The summed E-state index contributed by atoms with van der Waals surface area (Å²) in [5.41, 5.74) is 1.34. The first-order valence-electron chi connectivity index (χ1n) is 5.02. The van der Waals surface area contributed by atoms with Crippen LogP contribution >= 0.6 is 27.7 Å². The van der Waals surface area contributed by atoms with E-state index in [0.29, 0.717) is 6.04 Å². The minimum absolute atomic E-state index is 0.591. The van der Waals surface area contributed by atoms with Crippen LogP contribution in [0.25, 0.3) is 0 Å². The monoisotopic (exact) mass is 286 g/mol. The van der Waals surface area contributed by atoms with Crippen LogP contribution < -0.4 is 10.2 Å². The van der Waals surface area contributed by atoms with Crippen molar-refractivity contribution in [2.45, 2.75) is 10.9 Å². The standard InChI is InChI=1S/C11H15BrN2S/c1-13-6-9-7-15-11-5-8(12)3-4-10(11)14(9)2/h3-5,9,13H,6-7H2,1-2H3. The Balaban J connectivity index is 2.26. The van der Waals surface area contributed by atoms with Crippen molar-refractivity contribution < 1.29 is 0 Å². The lowest BCUT2D eigenvalue weighted by atomic mass is 10.2. The van der Waals surface area contributed by atoms with Gasteiger partial charge in [-0.1, -0.05) is 15.9 Å². The van der Waals surface area contributed by atoms with Gasteiger partial charge in [0.1, 0.15) is 0 Å². The van der Waals surface area contributed by atoms with E-state index in [4.69, 9.17) is 0 Å². The third-order valence-corrected chi connectivity index (χ3v) is 4.40. The number of hydrogen-bond acceptors (Lipinski definition) is 3. The first kappa shape index (κ1) is 11.3. The van der Waals surface area contributed by atoms with Crippen LogP contribution in [0.5, 0.6) is 0 Å². The Morgan fingerprint density at radius 2 is 2.40 bits per heavy atom. The van der Waals surface area contributed by atoms with Crippen molar-refractivity contribution in [3.05, 3.63) is 22.7 Å². The van der Waals surface area contributed by atoms with Crippen molar-refractivity contribution in [3.63, 3.8) is 0 Å². The zero-order valence-corrected chi connectivity index (χ0v) is 11.4. The minimum Gasteiger partial charge on any atom is -0.369 e. The maximum Gasteiger partial charge on any atom is 0.0505 e. The molecule has 0 bridgehead atoms. The highest BCUT2D eigenvalue weighted by Gasteiger charge is 2.23. The van der Waals surface area contributed by atoms with Crippen LogP contribution in [-0.2, 0) is 0 Å². The van der Waals surface area contributed by atoms with Crippen LogP contribution in [-0.4, -0.2) is 32.4 Å². The number of rotatable bonds is 2. The normalized spacial score (nSPS) is 20.2. The molecule has 82 valence electrons. The third kappa shape index (κ3) is 2.32. The lowest BCUT2D eigenvalue weighted by molar-refractivity contribution is 0.629. The molecule has 0 fully saturated rings. The first-order valence-corrected chi connectivity index (χ1v) is 6.80. The van der Waals surface area contributed by atoms with Gasteiger partial charge in [-0.05, 0) is 25.2 Å². The number of nitrogens with one attached hydrogen (secondary N) is 1. The summed E-state index contributed by atoms with van der Waals surface area (Å²) >= 11 is 5.45. The largest absolute Gasteiger partial charge is 0.369 e. The van der Waals surface area contributed by atoms with Gasteiger partial charge in [-0.15, -0.1) is 11.8 Å². The fourth-order valence-electron chi connectivity index (χ4n) is 1.82. The molecule has 1 unspecified atom stereocenters. The van der Waals surface area contributed by atoms with E-state index < -0.39 is 0 Å². The molecule has 15 heavy (non-hydrogen) atoms. The van der Waals surface area contributed by atoms with Gasteiger partial charge in [0, 0.05) is 28.7 Å². The summed E-state index contributed by atoms with van der Waals surface area (Å²) in [6, 6.07) is 7.09. The second-order valence-corrected chi connectivity index (χ2v) is 5.72. The number of likely N-dealkylation sites (N-methyl/N-ethyl adjacent to an activating group) is 2. The van der Waals surface area contributed by atoms with Gasteiger partial charge in [-0.2, -0.15) is 0 Å². The van der Waals surface area contributed by atoms with Crippen molar-refractivity contribution in [2.75, 3.05) is 31.3 Å². The number of halogens is 1. The SMILES string of the molecule is CNCC1CSc2cc(Br)ccc2N1C. The number of nitrogens with zero attached hydrogens (tertiary/aromatic N) is 1. The molecular formula is C11H15BrN2S. The number of benzene rings is 1. The molecule has 1 aromatic rings. The molecule has 0 spiro atoms. The Kier molecular flexibility index (Phi) is 3.59. The van der Waals surface area contributed by atoms with Gasteiger partial charge < -0.3 is 10.2 Å². The van der Waals surface area contributed by atoms with Gasteiger partial charge in [0.25, 0.3) is 0 Å². The predicted octanol–water partition coefficient (Wildman–Crippen LogP) is 2.58. The van der Waals surface area contributed by atoms with E-state index in [1.54, 1.807) is 0 Å². The molecule has 0 saturated heterocycles. The van der Waals surface area contributed by atoms with E-state index >= 15 is 0 Å². The fraction of sp³-hybridized carbons (Fsp3) is 0.455. The van der Waals surface area contributed by atoms with E-state index in [2.05, 4.69) is 51.4 Å². The van der Waals surface area contributed by atoms with Crippen LogP contribution in [0.1, 0.15) is 0 Å². The van der Waals surface area contributed by atoms with Crippen molar-refractivity contribution in [3.8, 4) is 0 Å². The quantitative estimate of drug-likeness (QED) is 0.900. The van der Waals surface area contributed by atoms with Gasteiger partial charge >= 0.3 is 0 Å². The zero-order valence-electron chi connectivity index (χ0n) is 8.96. The summed E-state index contributed by atoms with van der Waals surface area (Å²) in [6.45, 7) is 1.04. The molecule has 1 aliphatic rings. The van der Waals surface area contributed by atoms with Gasteiger partial charge in [-0.25, -0.2) is 0 Å². The average molecular weight is 287 g/mol. The van der Waals surface area contributed by atoms with E-state index in [0.717, 1.165) is 16.8 Å². The van der Waals surface area contributed by atoms with E-state index in [1.165, 1.54) is 10.6 Å². The second-order valence-electron chi connectivity index (χ2n) is 3.75. The Hall–Kier alpha value is -0.190. The maximum atomic E-state index is 3.51. The number of hydrogen-bond donors (Lipinski definition) is 1. The Morgan fingerprint density at radius 1 is 1.60 bits per heavy atom. The third-order valence-electron chi connectivity index (χ3n) is 2.72. The smallest absolute Gasteiger partial charge is 0.0505 e. The fourth-order valence-corrected chi connectivity index (χ4v) is 3.62. The average Bonchev–Trinajstić information content (AvgIpc) is 2.22. The molecule has 1 aromatic carbocycles. The summed E-state index contributed by atoms with van der Waals surface area (Å²) in [7, 11) is 4.18. The summed E-state index contributed by atoms with van der Waals surface area (Å²) in [6.07, 6.45) is 0. The lowest BCUT2D eigenvalue weighted by Crippen LogP contribution is -2.43. The van der Waals surface area contributed by atoms with E-state index in [1.807, 2.05) is 18.8 Å². The molecule has 1 aliphatic heterocycles. The maximum absolute atomic E-state index is 3.51. The van der Waals surface area contributed by atoms with Crippen LogP contribution in [0, 0.1) is 0 Å². The summed E-state index contributed by atoms with van der Waals surface area (Å²) in [5, 5.41) is 3.25. The zero-order chi connectivity index (χ0) is 10.8. The molecule has 0 aromatic heterocycles. The van der Waals surface area contributed by atoms with Crippen LogP contribution in [0.15, 0.2) is 27.6 Å². The van der Waals surface area contributed by atoms with Crippen molar-refractivity contribution in [2.24, 2.45) is 0 Å². The molecular weight excluding hydrogens is 272 g/mol. The Labute approximate surface area is 104 Å².